The Hall–Kier alpha value is -2.74. The van der Waals surface area contributed by atoms with E-state index in [0.717, 1.165) is 37.8 Å². The van der Waals surface area contributed by atoms with Crippen LogP contribution >= 0.6 is 0 Å². The van der Waals surface area contributed by atoms with Gasteiger partial charge in [0.2, 0.25) is 11.7 Å². The minimum atomic E-state index is -0.472. The highest BCUT2D eigenvalue weighted by Gasteiger charge is 2.35. The fraction of sp³-hybridized carbons (Fsp3) is 0.474. The van der Waals surface area contributed by atoms with Crippen LogP contribution in [0.5, 0.6) is 0 Å². The van der Waals surface area contributed by atoms with Gasteiger partial charge >= 0.3 is 0 Å². The summed E-state index contributed by atoms with van der Waals surface area (Å²) >= 11 is 0. The molecule has 2 aliphatic rings. The highest BCUT2D eigenvalue weighted by molar-refractivity contribution is 5.94. The summed E-state index contributed by atoms with van der Waals surface area (Å²) in [6, 6.07) is 7.15. The summed E-state index contributed by atoms with van der Waals surface area (Å²) in [7, 11) is 0. The van der Waals surface area contributed by atoms with Gasteiger partial charge in [0.15, 0.2) is 5.82 Å². The Morgan fingerprint density at radius 3 is 2.33 bits per heavy atom. The number of carbonyl (C=O) groups is 2. The van der Waals surface area contributed by atoms with Crippen LogP contribution in [0.1, 0.15) is 46.7 Å². The van der Waals surface area contributed by atoms with Crippen molar-refractivity contribution in [2.75, 3.05) is 13.1 Å². The summed E-state index contributed by atoms with van der Waals surface area (Å²) in [5, 5.41) is 8.39. The van der Waals surface area contributed by atoms with E-state index in [9.17, 15) is 9.59 Å². The van der Waals surface area contributed by atoms with Gasteiger partial charge < -0.3 is 20.9 Å². The maximum atomic E-state index is 13.0. The summed E-state index contributed by atoms with van der Waals surface area (Å²) in [6.45, 7) is 2.05. The number of nitrogens with two attached hydrogens (primary N) is 2. The normalized spacial score (nSPS) is 22.6. The van der Waals surface area contributed by atoms with Crippen LogP contribution in [0, 0.1) is 5.92 Å². The molecule has 1 saturated carbocycles. The molecule has 1 aliphatic carbocycles. The SMILES string of the molecule is NCC1CCC(N2CCn3c(nnc3-c3ccc(C(N)=O)cc3)C2=O)CC1. The molecule has 2 heterocycles. The first-order chi connectivity index (χ1) is 13.1. The number of hydrogen-bond donors (Lipinski definition) is 2. The minimum absolute atomic E-state index is 0.0510. The lowest BCUT2D eigenvalue weighted by atomic mass is 9.85. The molecule has 8 nitrogen and oxygen atoms in total. The van der Waals surface area contributed by atoms with E-state index in [1.54, 1.807) is 24.3 Å². The fourth-order valence-electron chi connectivity index (χ4n) is 4.15. The molecule has 2 amide bonds. The molecule has 0 atom stereocenters. The smallest absolute Gasteiger partial charge is 0.292 e. The first-order valence-electron chi connectivity index (χ1n) is 9.43. The van der Waals surface area contributed by atoms with E-state index in [2.05, 4.69) is 10.2 Å². The zero-order valence-corrected chi connectivity index (χ0v) is 15.2. The molecule has 27 heavy (non-hydrogen) atoms. The molecule has 0 saturated heterocycles. The van der Waals surface area contributed by atoms with Gasteiger partial charge in [0.05, 0.1) is 0 Å². The number of fused-ring (bicyclic) bond motifs is 1. The molecule has 0 unspecified atom stereocenters. The third-order valence-electron chi connectivity index (χ3n) is 5.79. The van der Waals surface area contributed by atoms with Crippen LogP contribution in [-0.2, 0) is 6.54 Å². The van der Waals surface area contributed by atoms with Gasteiger partial charge in [-0.05, 0) is 50.3 Å². The average Bonchev–Trinajstić information content (AvgIpc) is 3.13. The molecule has 1 aliphatic heterocycles. The van der Waals surface area contributed by atoms with Crippen LogP contribution in [-0.4, -0.2) is 50.6 Å². The average molecular weight is 368 g/mol. The van der Waals surface area contributed by atoms with Crippen molar-refractivity contribution in [2.45, 2.75) is 38.3 Å². The van der Waals surface area contributed by atoms with Gasteiger partial charge in [0, 0.05) is 30.3 Å². The molecule has 1 aromatic heterocycles. The quantitative estimate of drug-likeness (QED) is 0.835. The predicted molar refractivity (Wildman–Crippen MR) is 99.8 cm³/mol. The lowest BCUT2D eigenvalue weighted by Gasteiger charge is -2.38. The van der Waals surface area contributed by atoms with Gasteiger partial charge in [-0.3, -0.25) is 9.59 Å². The molecule has 8 heteroatoms. The van der Waals surface area contributed by atoms with Gasteiger partial charge in [-0.15, -0.1) is 10.2 Å². The molecule has 1 fully saturated rings. The van der Waals surface area contributed by atoms with Crippen LogP contribution < -0.4 is 11.5 Å². The second-order valence-corrected chi connectivity index (χ2v) is 7.35. The monoisotopic (exact) mass is 368 g/mol. The van der Waals surface area contributed by atoms with E-state index in [1.807, 2.05) is 9.47 Å². The van der Waals surface area contributed by atoms with E-state index in [4.69, 9.17) is 11.5 Å². The number of amides is 2. The maximum absolute atomic E-state index is 13.0. The van der Waals surface area contributed by atoms with Crippen LogP contribution in [0.3, 0.4) is 0 Å². The Bertz CT molecular complexity index is 852. The minimum Gasteiger partial charge on any atom is -0.366 e. The van der Waals surface area contributed by atoms with Crippen molar-refractivity contribution < 1.29 is 9.59 Å². The molecule has 0 radical (unpaired) electrons. The first-order valence-corrected chi connectivity index (χ1v) is 9.43. The Labute approximate surface area is 157 Å². The summed E-state index contributed by atoms with van der Waals surface area (Å²) in [5.74, 6) is 1.08. The van der Waals surface area contributed by atoms with Crippen molar-refractivity contribution in [3.8, 4) is 11.4 Å². The molecular formula is C19H24N6O2. The second-order valence-electron chi connectivity index (χ2n) is 7.35. The summed E-state index contributed by atoms with van der Waals surface area (Å²) in [6.07, 6.45) is 4.16. The van der Waals surface area contributed by atoms with Crippen molar-refractivity contribution >= 4 is 11.8 Å². The van der Waals surface area contributed by atoms with Crippen molar-refractivity contribution in [3.63, 3.8) is 0 Å². The molecule has 4 N–H and O–H groups in total. The highest BCUT2D eigenvalue weighted by Crippen LogP contribution is 2.30. The van der Waals surface area contributed by atoms with Gasteiger partial charge in [0.25, 0.3) is 5.91 Å². The van der Waals surface area contributed by atoms with Gasteiger partial charge in [-0.25, -0.2) is 0 Å². The largest absolute Gasteiger partial charge is 0.366 e. The number of aromatic nitrogens is 3. The van der Waals surface area contributed by atoms with Crippen LogP contribution in [0.15, 0.2) is 24.3 Å². The molecule has 2 aromatic rings. The molecule has 4 rings (SSSR count). The second kappa shape index (κ2) is 7.11. The van der Waals surface area contributed by atoms with Gasteiger partial charge in [-0.1, -0.05) is 12.1 Å². The maximum Gasteiger partial charge on any atom is 0.292 e. The van der Waals surface area contributed by atoms with Crippen LogP contribution in [0.2, 0.25) is 0 Å². The van der Waals surface area contributed by atoms with Crippen molar-refractivity contribution in [3.05, 3.63) is 35.7 Å². The van der Waals surface area contributed by atoms with E-state index < -0.39 is 5.91 Å². The van der Waals surface area contributed by atoms with Crippen molar-refractivity contribution in [1.82, 2.24) is 19.7 Å². The Morgan fingerprint density at radius 1 is 1.04 bits per heavy atom. The zero-order chi connectivity index (χ0) is 19.0. The predicted octanol–water partition coefficient (Wildman–Crippen LogP) is 1.02. The summed E-state index contributed by atoms with van der Waals surface area (Å²) in [5.41, 5.74) is 12.3. The van der Waals surface area contributed by atoms with Crippen LogP contribution in [0.4, 0.5) is 0 Å². The van der Waals surface area contributed by atoms with Crippen LogP contribution in [0.25, 0.3) is 11.4 Å². The van der Waals surface area contributed by atoms with E-state index in [0.29, 0.717) is 36.2 Å². The molecular weight excluding hydrogens is 344 g/mol. The van der Waals surface area contributed by atoms with Crippen molar-refractivity contribution in [1.29, 1.82) is 0 Å². The lowest BCUT2D eigenvalue weighted by molar-refractivity contribution is 0.0541. The van der Waals surface area contributed by atoms with E-state index in [-0.39, 0.29) is 11.9 Å². The fourth-order valence-corrected chi connectivity index (χ4v) is 4.15. The van der Waals surface area contributed by atoms with E-state index in [1.165, 1.54) is 0 Å². The number of carbonyl (C=O) groups excluding carboxylic acids is 2. The van der Waals surface area contributed by atoms with E-state index >= 15 is 0 Å². The summed E-state index contributed by atoms with van der Waals surface area (Å²) in [4.78, 5) is 26.2. The zero-order valence-electron chi connectivity index (χ0n) is 15.2. The van der Waals surface area contributed by atoms with Crippen molar-refractivity contribution in [2.24, 2.45) is 17.4 Å². The third kappa shape index (κ3) is 3.21. The lowest BCUT2D eigenvalue weighted by Crippen LogP contribution is -2.48. The van der Waals surface area contributed by atoms with Gasteiger partial charge in [0.1, 0.15) is 0 Å². The number of benzene rings is 1. The molecule has 0 bridgehead atoms. The Kier molecular flexibility index (Phi) is 4.65. The Balaban J connectivity index is 1.54. The first kappa shape index (κ1) is 17.7. The molecule has 0 spiro atoms. The summed E-state index contributed by atoms with van der Waals surface area (Å²) < 4.78 is 1.86. The number of nitrogens with zero attached hydrogens (tertiary/aromatic N) is 4. The third-order valence-corrected chi connectivity index (χ3v) is 5.79. The number of hydrogen-bond acceptors (Lipinski definition) is 5. The standard InChI is InChI=1S/C19H24N6O2/c20-11-12-1-7-15(8-2-12)24-9-10-25-17(22-23-18(25)19(24)27)14-5-3-13(4-6-14)16(21)26/h3-6,12,15H,1-2,7-11,20H2,(H2,21,26). The van der Waals surface area contributed by atoms with Gasteiger partial charge in [-0.2, -0.15) is 0 Å². The number of rotatable bonds is 4. The molecule has 142 valence electrons. The Morgan fingerprint density at radius 2 is 1.70 bits per heavy atom. The molecule has 1 aromatic carbocycles. The topological polar surface area (TPSA) is 120 Å². The highest BCUT2D eigenvalue weighted by atomic mass is 16.2. The number of primary amides is 1.